The van der Waals surface area contributed by atoms with Crippen molar-refractivity contribution >= 4 is 5.78 Å². The van der Waals surface area contributed by atoms with Gasteiger partial charge in [0.25, 0.3) is 0 Å². The molecule has 0 aromatic rings. The average molecular weight is 403 g/mol. The van der Waals surface area contributed by atoms with E-state index in [9.17, 15) is 4.79 Å². The van der Waals surface area contributed by atoms with Crippen LogP contribution in [0.1, 0.15) is 0 Å². The van der Waals surface area contributed by atoms with Crippen molar-refractivity contribution in [2.45, 2.75) is 0 Å². The summed E-state index contributed by atoms with van der Waals surface area (Å²) >= 11 is 0. The minimum Gasteiger partial charge on any atom is -0.377 e. The van der Waals surface area contributed by atoms with Crippen LogP contribution >= 0.6 is 0 Å². The van der Waals surface area contributed by atoms with Gasteiger partial charge in [0.1, 0.15) is 0 Å². The first-order valence-electron chi connectivity index (χ1n) is 9.91. The van der Waals surface area contributed by atoms with Crippen LogP contribution in [0.4, 0.5) is 0 Å². The van der Waals surface area contributed by atoms with Crippen molar-refractivity contribution < 1.29 is 28.5 Å². The number of fused-ring (bicyclic) bond motifs is 2. The van der Waals surface area contributed by atoms with Gasteiger partial charge in [-0.15, -0.1) is 0 Å². The van der Waals surface area contributed by atoms with Crippen LogP contribution < -0.4 is 0 Å². The number of Topliss-reactive ketones (excluding diaryl/α,β-unsaturated/α-hetero) is 1. The predicted molar refractivity (Wildman–Crippen MR) is 108 cm³/mol. The third-order valence-corrected chi connectivity index (χ3v) is 4.56. The van der Waals surface area contributed by atoms with Crippen LogP contribution in [0.25, 0.3) is 0 Å². The quantitative estimate of drug-likeness (QED) is 0.611. The van der Waals surface area contributed by atoms with E-state index < -0.39 is 0 Å². The minimum atomic E-state index is -0.0356. The summed E-state index contributed by atoms with van der Waals surface area (Å²) < 4.78 is 27.7. The number of carbonyl (C=O) groups is 1. The van der Waals surface area contributed by atoms with Gasteiger partial charge in [-0.1, -0.05) is 0 Å². The number of rotatable bonds is 0. The van der Waals surface area contributed by atoms with E-state index in [0.717, 1.165) is 11.1 Å². The van der Waals surface area contributed by atoms with Crippen LogP contribution in [-0.4, -0.2) is 83.8 Å². The van der Waals surface area contributed by atoms with Gasteiger partial charge in [0.15, 0.2) is 5.78 Å². The van der Waals surface area contributed by atoms with E-state index in [1.165, 1.54) is 0 Å². The summed E-state index contributed by atoms with van der Waals surface area (Å²) in [6.07, 6.45) is 11.8. The zero-order valence-electron chi connectivity index (χ0n) is 16.9. The molecule has 1 fully saturated rings. The largest absolute Gasteiger partial charge is 0.377 e. The van der Waals surface area contributed by atoms with E-state index in [2.05, 4.69) is 0 Å². The third kappa shape index (κ3) is 7.06. The molecule has 1 aliphatic carbocycles. The van der Waals surface area contributed by atoms with Gasteiger partial charge in [0.2, 0.25) is 0 Å². The Balaban J connectivity index is 1.72. The van der Waals surface area contributed by atoms with Gasteiger partial charge in [-0.05, 0) is 35.5 Å². The highest BCUT2D eigenvalue weighted by molar-refractivity contribution is 6.10. The fourth-order valence-electron chi connectivity index (χ4n) is 2.97. The lowest BCUT2D eigenvalue weighted by molar-refractivity contribution is -0.113. The smallest absolute Gasteiger partial charge is 0.189 e. The SMILES string of the molecule is CN1C=CC(=C2C=C3COCCOCCOCCOCCOCC(=C2)C3=O)C=C1. The van der Waals surface area contributed by atoms with Crippen molar-refractivity contribution in [1.29, 1.82) is 0 Å². The summed E-state index contributed by atoms with van der Waals surface area (Å²) in [5.41, 5.74) is 3.26. The fraction of sp³-hybridized carbons (Fsp3) is 0.500. The molecule has 29 heavy (non-hydrogen) atoms. The van der Waals surface area contributed by atoms with Crippen molar-refractivity contribution in [3.63, 3.8) is 0 Å². The van der Waals surface area contributed by atoms with E-state index in [4.69, 9.17) is 23.7 Å². The number of ether oxygens (including phenoxy) is 5. The second-order valence-corrected chi connectivity index (χ2v) is 6.82. The van der Waals surface area contributed by atoms with Crippen LogP contribution in [0.15, 0.2) is 59.0 Å². The van der Waals surface area contributed by atoms with Crippen molar-refractivity contribution in [2.24, 2.45) is 0 Å². The molecule has 0 saturated carbocycles. The van der Waals surface area contributed by atoms with Crippen LogP contribution in [0, 0.1) is 0 Å². The second kappa shape index (κ2) is 11.8. The van der Waals surface area contributed by atoms with E-state index in [0.29, 0.717) is 64.0 Å². The first kappa shape index (κ1) is 21.7. The third-order valence-electron chi connectivity index (χ3n) is 4.56. The Morgan fingerprint density at radius 1 is 0.655 bits per heavy atom. The zero-order valence-corrected chi connectivity index (χ0v) is 16.9. The van der Waals surface area contributed by atoms with Crippen molar-refractivity contribution in [3.05, 3.63) is 59.0 Å². The molecule has 3 rings (SSSR count). The molecule has 2 heterocycles. The fourth-order valence-corrected chi connectivity index (χ4v) is 2.97. The van der Waals surface area contributed by atoms with Crippen molar-refractivity contribution in [3.8, 4) is 0 Å². The van der Waals surface area contributed by atoms with Gasteiger partial charge in [-0.3, -0.25) is 4.79 Å². The van der Waals surface area contributed by atoms with Gasteiger partial charge in [0.05, 0.1) is 66.1 Å². The van der Waals surface area contributed by atoms with Gasteiger partial charge < -0.3 is 28.6 Å². The standard InChI is InChI=1S/C22H29NO6/c1-23-4-2-18(3-5-23)19-14-20-16-28-12-10-26-8-6-25-7-9-27-11-13-29-17-21(15-19)22(20)24/h2-5,14-15H,6-13,16-17H2,1H3. The maximum absolute atomic E-state index is 12.9. The molecule has 0 N–H and O–H groups in total. The molecule has 0 aromatic heterocycles. The Hall–Kier alpha value is -2.03. The number of hydrogen-bond donors (Lipinski definition) is 0. The Morgan fingerprint density at radius 2 is 1.07 bits per heavy atom. The number of nitrogens with zero attached hydrogens (tertiary/aromatic N) is 1. The van der Waals surface area contributed by atoms with Crippen molar-refractivity contribution in [2.75, 3.05) is 73.1 Å². The summed E-state index contributed by atoms with van der Waals surface area (Å²) in [6.45, 7) is 4.27. The van der Waals surface area contributed by atoms with Crippen LogP contribution in [0.3, 0.4) is 0 Å². The predicted octanol–water partition coefficient (Wildman–Crippen LogP) is 1.79. The molecule has 0 aromatic carbocycles. The lowest BCUT2D eigenvalue weighted by Crippen LogP contribution is -2.21. The normalized spacial score (nSPS) is 23.3. The Kier molecular flexibility index (Phi) is 8.85. The highest BCUT2D eigenvalue weighted by Crippen LogP contribution is 2.25. The van der Waals surface area contributed by atoms with Crippen molar-refractivity contribution in [1.82, 2.24) is 4.90 Å². The zero-order chi connectivity index (χ0) is 20.3. The van der Waals surface area contributed by atoms with E-state index in [1.54, 1.807) is 0 Å². The van der Waals surface area contributed by atoms with Crippen LogP contribution in [-0.2, 0) is 28.5 Å². The minimum absolute atomic E-state index is 0.0356. The molecule has 2 aliphatic heterocycles. The second-order valence-electron chi connectivity index (χ2n) is 6.82. The van der Waals surface area contributed by atoms with Gasteiger partial charge in [-0.2, -0.15) is 0 Å². The molecule has 1 saturated heterocycles. The summed E-state index contributed by atoms with van der Waals surface area (Å²) in [7, 11) is 1.97. The van der Waals surface area contributed by atoms with E-state index in [-0.39, 0.29) is 19.0 Å². The molecule has 2 bridgehead atoms. The number of ketones is 1. The molecule has 158 valence electrons. The Labute approximate surface area is 171 Å². The molecule has 0 spiro atoms. The first-order chi connectivity index (χ1) is 14.2. The lowest BCUT2D eigenvalue weighted by Gasteiger charge is -2.19. The first-order valence-corrected chi connectivity index (χ1v) is 9.91. The summed E-state index contributed by atoms with van der Waals surface area (Å²) in [5.74, 6) is -0.0356. The highest BCUT2D eigenvalue weighted by Gasteiger charge is 2.21. The summed E-state index contributed by atoms with van der Waals surface area (Å²) in [5, 5.41) is 0. The number of hydrogen-bond acceptors (Lipinski definition) is 7. The summed E-state index contributed by atoms with van der Waals surface area (Å²) in [4.78, 5) is 14.8. The van der Waals surface area contributed by atoms with Crippen LogP contribution in [0.2, 0.25) is 0 Å². The molecular formula is C22H29NO6. The molecule has 3 aliphatic rings. The molecule has 7 nitrogen and oxygen atoms in total. The Morgan fingerprint density at radius 3 is 1.52 bits per heavy atom. The number of allylic oxidation sites excluding steroid dienone is 6. The molecule has 0 atom stereocenters. The van der Waals surface area contributed by atoms with Crippen LogP contribution in [0.5, 0.6) is 0 Å². The number of carbonyl (C=O) groups excluding carboxylic acids is 1. The maximum Gasteiger partial charge on any atom is 0.189 e. The van der Waals surface area contributed by atoms with E-state index in [1.807, 2.05) is 48.7 Å². The van der Waals surface area contributed by atoms with E-state index >= 15 is 0 Å². The monoisotopic (exact) mass is 403 g/mol. The molecule has 7 heteroatoms. The van der Waals surface area contributed by atoms with Gasteiger partial charge in [0, 0.05) is 30.6 Å². The average Bonchev–Trinajstić information content (AvgIpc) is 2.72. The summed E-state index contributed by atoms with van der Waals surface area (Å²) in [6, 6.07) is 0. The lowest BCUT2D eigenvalue weighted by atomic mass is 9.91. The highest BCUT2D eigenvalue weighted by atomic mass is 16.6. The maximum atomic E-state index is 12.9. The molecule has 0 amide bonds. The van der Waals surface area contributed by atoms with Gasteiger partial charge in [-0.25, -0.2) is 0 Å². The molecule has 0 radical (unpaired) electrons. The molecular weight excluding hydrogens is 374 g/mol. The molecule has 0 unspecified atom stereocenters. The van der Waals surface area contributed by atoms with Gasteiger partial charge >= 0.3 is 0 Å². The topological polar surface area (TPSA) is 66.5 Å². The Bertz CT molecular complexity index is 665.